The van der Waals surface area contributed by atoms with Crippen LogP contribution in [0.25, 0.3) is 11.1 Å². The monoisotopic (exact) mass is 338 g/mol. The predicted molar refractivity (Wildman–Crippen MR) is 99.7 cm³/mol. The number of morpholine rings is 1. The fraction of sp³-hybridized carbons (Fsp3) is 0.500. The van der Waals surface area contributed by atoms with Crippen molar-refractivity contribution in [2.24, 2.45) is 5.92 Å². The molecule has 2 fully saturated rings. The topological polar surface area (TPSA) is 41.5 Å². The Hall–Kier alpha value is -1.98. The first kappa shape index (κ1) is 16.5. The molecule has 0 unspecified atom stereocenters. The van der Waals surface area contributed by atoms with Crippen LogP contribution < -0.4 is 4.90 Å². The van der Waals surface area contributed by atoms with Gasteiger partial charge < -0.3 is 9.64 Å². The fourth-order valence-corrected chi connectivity index (χ4v) is 3.86. The second-order valence-electron chi connectivity index (χ2n) is 7.01. The maximum absolute atomic E-state index is 5.46. The maximum Gasteiger partial charge on any atom is 0.128 e. The minimum Gasteiger partial charge on any atom is -0.379 e. The molecule has 1 atom stereocenters. The standard InChI is InChI=1S/C20H26N4O/c1-2-17(15-23-10-12-25-13-11-23)16-24(9-1)20-4-3-19(14-22-20)18-5-7-21-8-6-18/h3-8,14,17H,1-2,9-13,15-16H2/t17-/m1/s1. The lowest BCUT2D eigenvalue weighted by Gasteiger charge is -2.37. The van der Waals surface area contributed by atoms with Gasteiger partial charge in [0.05, 0.1) is 13.2 Å². The van der Waals surface area contributed by atoms with Crippen LogP contribution in [-0.2, 0) is 4.74 Å². The molecule has 0 aliphatic carbocycles. The van der Waals surface area contributed by atoms with Crippen LogP contribution in [-0.4, -0.2) is 60.8 Å². The summed E-state index contributed by atoms with van der Waals surface area (Å²) in [5.41, 5.74) is 2.31. The van der Waals surface area contributed by atoms with Gasteiger partial charge in [-0.05, 0) is 48.6 Å². The van der Waals surface area contributed by atoms with E-state index in [0.29, 0.717) is 0 Å². The third kappa shape index (κ3) is 4.17. The molecule has 132 valence electrons. The molecule has 5 nitrogen and oxygen atoms in total. The van der Waals surface area contributed by atoms with Crippen LogP contribution in [0.2, 0.25) is 0 Å². The molecule has 5 heteroatoms. The lowest BCUT2D eigenvalue weighted by molar-refractivity contribution is 0.0296. The molecule has 0 radical (unpaired) electrons. The summed E-state index contributed by atoms with van der Waals surface area (Å²) in [6.45, 7) is 7.34. The Morgan fingerprint density at radius 2 is 1.84 bits per heavy atom. The smallest absolute Gasteiger partial charge is 0.128 e. The van der Waals surface area contributed by atoms with Gasteiger partial charge >= 0.3 is 0 Å². The molecule has 2 saturated heterocycles. The van der Waals surface area contributed by atoms with Gasteiger partial charge in [0.2, 0.25) is 0 Å². The van der Waals surface area contributed by atoms with E-state index in [1.807, 2.05) is 30.7 Å². The number of pyridine rings is 2. The quantitative estimate of drug-likeness (QED) is 0.857. The molecule has 0 bridgehead atoms. The van der Waals surface area contributed by atoms with Gasteiger partial charge in [-0.15, -0.1) is 0 Å². The molecule has 0 N–H and O–H groups in total. The Morgan fingerprint density at radius 3 is 2.60 bits per heavy atom. The largest absolute Gasteiger partial charge is 0.379 e. The van der Waals surface area contributed by atoms with Gasteiger partial charge in [0.25, 0.3) is 0 Å². The Bertz CT molecular complexity index is 655. The minimum absolute atomic E-state index is 0.730. The highest BCUT2D eigenvalue weighted by Gasteiger charge is 2.23. The van der Waals surface area contributed by atoms with E-state index in [9.17, 15) is 0 Å². The number of rotatable bonds is 4. The van der Waals surface area contributed by atoms with Crippen molar-refractivity contribution >= 4 is 5.82 Å². The van der Waals surface area contributed by atoms with E-state index in [1.165, 1.54) is 19.4 Å². The fourth-order valence-electron chi connectivity index (χ4n) is 3.86. The van der Waals surface area contributed by atoms with Crippen molar-refractivity contribution in [3.8, 4) is 11.1 Å². The first-order chi connectivity index (χ1) is 12.4. The normalized spacial score (nSPS) is 22.1. The van der Waals surface area contributed by atoms with Crippen molar-refractivity contribution in [2.75, 3.05) is 50.8 Å². The lowest BCUT2D eigenvalue weighted by atomic mass is 9.97. The van der Waals surface area contributed by atoms with Gasteiger partial charge in [0, 0.05) is 56.9 Å². The zero-order valence-electron chi connectivity index (χ0n) is 14.7. The first-order valence-corrected chi connectivity index (χ1v) is 9.30. The van der Waals surface area contributed by atoms with Gasteiger partial charge in [-0.2, -0.15) is 0 Å². The minimum atomic E-state index is 0.730. The van der Waals surface area contributed by atoms with E-state index in [0.717, 1.165) is 62.3 Å². The average molecular weight is 338 g/mol. The van der Waals surface area contributed by atoms with Crippen LogP contribution in [0.15, 0.2) is 42.9 Å². The van der Waals surface area contributed by atoms with E-state index in [2.05, 4.69) is 26.9 Å². The molecule has 2 aromatic rings. The number of ether oxygens (including phenoxy) is 1. The Balaban J connectivity index is 1.39. The molecule has 2 aromatic heterocycles. The molecule has 4 heterocycles. The highest BCUT2D eigenvalue weighted by atomic mass is 16.5. The van der Waals surface area contributed by atoms with Gasteiger partial charge in [-0.3, -0.25) is 9.88 Å². The number of piperidine rings is 1. The maximum atomic E-state index is 5.46. The summed E-state index contributed by atoms with van der Waals surface area (Å²) in [4.78, 5) is 13.8. The van der Waals surface area contributed by atoms with Crippen molar-refractivity contribution in [1.29, 1.82) is 0 Å². The first-order valence-electron chi connectivity index (χ1n) is 9.30. The lowest BCUT2D eigenvalue weighted by Crippen LogP contribution is -2.44. The zero-order valence-corrected chi connectivity index (χ0v) is 14.7. The zero-order chi connectivity index (χ0) is 16.9. The molecule has 25 heavy (non-hydrogen) atoms. The SMILES string of the molecule is c1cc(-c2ccc(N3CCC[C@H](CN4CCOCC4)C3)nc2)ccn1. The summed E-state index contributed by atoms with van der Waals surface area (Å²) in [5.74, 6) is 1.83. The number of nitrogens with zero attached hydrogens (tertiary/aromatic N) is 4. The molecule has 4 rings (SSSR count). The van der Waals surface area contributed by atoms with Gasteiger partial charge in [0.1, 0.15) is 5.82 Å². The van der Waals surface area contributed by atoms with E-state index in [-0.39, 0.29) is 0 Å². The van der Waals surface area contributed by atoms with Crippen LogP contribution in [0, 0.1) is 5.92 Å². The van der Waals surface area contributed by atoms with Crippen molar-refractivity contribution < 1.29 is 4.74 Å². The number of aromatic nitrogens is 2. The third-order valence-corrected chi connectivity index (χ3v) is 5.22. The van der Waals surface area contributed by atoms with Crippen LogP contribution in [0.1, 0.15) is 12.8 Å². The van der Waals surface area contributed by atoms with Crippen molar-refractivity contribution in [3.05, 3.63) is 42.9 Å². The number of hydrogen-bond acceptors (Lipinski definition) is 5. The van der Waals surface area contributed by atoms with Crippen molar-refractivity contribution in [1.82, 2.24) is 14.9 Å². The molecular weight excluding hydrogens is 312 g/mol. The van der Waals surface area contributed by atoms with Crippen molar-refractivity contribution in [2.45, 2.75) is 12.8 Å². The Morgan fingerprint density at radius 1 is 1.00 bits per heavy atom. The predicted octanol–water partition coefficient (Wildman–Crippen LogP) is 2.69. The van der Waals surface area contributed by atoms with Crippen molar-refractivity contribution in [3.63, 3.8) is 0 Å². The van der Waals surface area contributed by atoms with Gasteiger partial charge in [0.15, 0.2) is 0 Å². The molecule has 0 amide bonds. The summed E-state index contributed by atoms with van der Waals surface area (Å²) in [6.07, 6.45) is 8.20. The van der Waals surface area contributed by atoms with E-state index in [1.54, 1.807) is 0 Å². The summed E-state index contributed by atoms with van der Waals surface area (Å²) in [7, 11) is 0. The van der Waals surface area contributed by atoms with Gasteiger partial charge in [-0.1, -0.05) is 0 Å². The van der Waals surface area contributed by atoms with E-state index < -0.39 is 0 Å². The summed E-state index contributed by atoms with van der Waals surface area (Å²) in [5, 5.41) is 0. The van der Waals surface area contributed by atoms with Crippen LogP contribution in [0.4, 0.5) is 5.82 Å². The average Bonchev–Trinajstić information content (AvgIpc) is 2.70. The Kier molecular flexibility index (Phi) is 5.23. The van der Waals surface area contributed by atoms with Gasteiger partial charge in [-0.25, -0.2) is 4.98 Å². The van der Waals surface area contributed by atoms with Crippen LogP contribution in [0.5, 0.6) is 0 Å². The highest BCUT2D eigenvalue weighted by Crippen LogP contribution is 2.25. The second-order valence-corrected chi connectivity index (χ2v) is 7.01. The molecule has 0 saturated carbocycles. The van der Waals surface area contributed by atoms with E-state index >= 15 is 0 Å². The summed E-state index contributed by atoms with van der Waals surface area (Å²) in [6, 6.07) is 8.38. The van der Waals surface area contributed by atoms with E-state index in [4.69, 9.17) is 9.72 Å². The molecule has 2 aliphatic heterocycles. The molecule has 2 aliphatic rings. The highest BCUT2D eigenvalue weighted by molar-refractivity contribution is 5.63. The molecule has 0 aromatic carbocycles. The molecule has 0 spiro atoms. The summed E-state index contributed by atoms with van der Waals surface area (Å²) < 4.78 is 5.46. The molecular formula is C20H26N4O. The number of anilines is 1. The number of hydrogen-bond donors (Lipinski definition) is 0. The second kappa shape index (κ2) is 7.93. The van der Waals surface area contributed by atoms with Crippen LogP contribution >= 0.6 is 0 Å². The van der Waals surface area contributed by atoms with Crippen LogP contribution in [0.3, 0.4) is 0 Å². The third-order valence-electron chi connectivity index (χ3n) is 5.22. The summed E-state index contributed by atoms with van der Waals surface area (Å²) >= 11 is 0. The Labute approximate surface area is 149 Å².